The Kier molecular flexibility index (Phi) is 40.0. The molecule has 0 fully saturated rings. The zero-order valence-corrected chi connectivity index (χ0v) is 41.9. The molecule has 0 aliphatic carbocycles. The molecule has 62 heavy (non-hydrogen) atoms. The van der Waals surface area contributed by atoms with Crippen LogP contribution in [0.2, 0.25) is 0 Å². The molecule has 0 radical (unpaired) electrons. The van der Waals surface area contributed by atoms with Crippen LogP contribution in [0.3, 0.4) is 0 Å². The van der Waals surface area contributed by atoms with E-state index < -0.39 is 0 Å². The van der Waals surface area contributed by atoms with Crippen LogP contribution in [0, 0.1) is 0 Å². The normalized spacial score (nSPS) is 11.5. The maximum atomic E-state index is 6.14. The van der Waals surface area contributed by atoms with Gasteiger partial charge in [-0.3, -0.25) is 0 Å². The Morgan fingerprint density at radius 2 is 0.500 bits per heavy atom. The Balaban J connectivity index is 1.41. The lowest BCUT2D eigenvalue weighted by Crippen LogP contribution is -2.21. The van der Waals surface area contributed by atoms with Gasteiger partial charge in [-0.05, 0) is 54.8 Å². The molecule has 0 bridgehead atoms. The average molecular weight is 860 g/mol. The molecule has 0 aliphatic rings. The summed E-state index contributed by atoms with van der Waals surface area (Å²) in [6.07, 6.45) is 56.5. The second-order valence-corrected chi connectivity index (χ2v) is 19.3. The zero-order chi connectivity index (χ0) is 44.1. The largest absolute Gasteiger partial charge is 0.494 e. The number of hydrogen-bond donors (Lipinski definition) is 1. The minimum absolute atomic E-state index is 0.164. The maximum absolute atomic E-state index is 6.14. The molecule has 358 valence electrons. The van der Waals surface area contributed by atoms with Gasteiger partial charge in [0.2, 0.25) is 0 Å². The van der Waals surface area contributed by atoms with E-state index >= 15 is 0 Å². The van der Waals surface area contributed by atoms with Gasteiger partial charge in [0.15, 0.2) is 0 Å². The van der Waals surface area contributed by atoms with Crippen molar-refractivity contribution in [1.82, 2.24) is 5.32 Å². The molecule has 3 heteroatoms. The fraction of sp³-hybridized carbons (Fsp3) is 0.797. The topological polar surface area (TPSA) is 30.5 Å². The van der Waals surface area contributed by atoms with Crippen molar-refractivity contribution in [3.8, 4) is 11.5 Å². The van der Waals surface area contributed by atoms with Crippen molar-refractivity contribution in [2.45, 2.75) is 284 Å². The summed E-state index contributed by atoms with van der Waals surface area (Å²) in [5, 5.41) is 3.69. The molecule has 2 aromatic rings. The fourth-order valence-electron chi connectivity index (χ4n) is 9.24. The van der Waals surface area contributed by atoms with Crippen LogP contribution in [0.25, 0.3) is 0 Å². The van der Waals surface area contributed by atoms with Gasteiger partial charge >= 0.3 is 0 Å². The van der Waals surface area contributed by atoms with Gasteiger partial charge in [0.1, 0.15) is 11.5 Å². The molecule has 0 amide bonds. The number of benzene rings is 2. The van der Waals surface area contributed by atoms with E-state index in [-0.39, 0.29) is 6.04 Å². The number of nitrogens with one attached hydrogen (secondary N) is 1. The Hall–Kier alpha value is -2.00. The van der Waals surface area contributed by atoms with Crippen LogP contribution >= 0.6 is 0 Å². The highest BCUT2D eigenvalue weighted by atomic mass is 16.5. The van der Waals surface area contributed by atoms with Gasteiger partial charge in [0, 0.05) is 0 Å². The van der Waals surface area contributed by atoms with Gasteiger partial charge in [0.25, 0.3) is 0 Å². The highest BCUT2D eigenvalue weighted by Crippen LogP contribution is 2.27. The van der Waals surface area contributed by atoms with E-state index in [0.717, 1.165) is 44.1 Å². The SMILES string of the molecule is CCCCCCCCCCCCCCCCCCCCCCOc1ccc(C(NCC)c2ccc(OCCCCCCCCCCCCCCCCCCCCCC)cc2)cc1. The van der Waals surface area contributed by atoms with E-state index in [1.165, 1.54) is 255 Å². The lowest BCUT2D eigenvalue weighted by atomic mass is 9.98. The lowest BCUT2D eigenvalue weighted by molar-refractivity contribution is 0.304. The number of hydrogen-bond acceptors (Lipinski definition) is 3. The summed E-state index contributed by atoms with van der Waals surface area (Å²) in [6.45, 7) is 9.34. The molecule has 0 aliphatic heterocycles. The molecule has 0 saturated heterocycles. The van der Waals surface area contributed by atoms with Gasteiger partial charge < -0.3 is 14.8 Å². The summed E-state index contributed by atoms with van der Waals surface area (Å²) in [5.74, 6) is 1.96. The Labute approximate surface area is 387 Å². The van der Waals surface area contributed by atoms with Crippen molar-refractivity contribution in [3.63, 3.8) is 0 Å². The van der Waals surface area contributed by atoms with E-state index in [4.69, 9.17) is 9.47 Å². The van der Waals surface area contributed by atoms with Gasteiger partial charge in [-0.2, -0.15) is 0 Å². The second kappa shape index (κ2) is 44.2. The molecule has 0 saturated carbocycles. The van der Waals surface area contributed by atoms with Crippen molar-refractivity contribution < 1.29 is 9.47 Å². The Bertz CT molecular complexity index is 1070. The van der Waals surface area contributed by atoms with Crippen molar-refractivity contribution in [3.05, 3.63) is 59.7 Å². The predicted molar refractivity (Wildman–Crippen MR) is 275 cm³/mol. The van der Waals surface area contributed by atoms with Crippen molar-refractivity contribution in [1.29, 1.82) is 0 Å². The number of unbranched alkanes of at least 4 members (excludes halogenated alkanes) is 38. The summed E-state index contributed by atoms with van der Waals surface area (Å²) in [4.78, 5) is 0. The third-order valence-corrected chi connectivity index (χ3v) is 13.4. The smallest absolute Gasteiger partial charge is 0.119 e. The fourth-order valence-corrected chi connectivity index (χ4v) is 9.24. The first-order valence-corrected chi connectivity index (χ1v) is 28.0. The monoisotopic (exact) mass is 860 g/mol. The van der Waals surface area contributed by atoms with E-state index in [2.05, 4.69) is 74.6 Å². The molecular weight excluding hydrogens is 755 g/mol. The third-order valence-electron chi connectivity index (χ3n) is 13.4. The molecule has 0 atom stereocenters. The molecular formula is C59H105NO2. The van der Waals surface area contributed by atoms with Crippen LogP contribution in [-0.4, -0.2) is 19.8 Å². The first-order valence-electron chi connectivity index (χ1n) is 28.0. The first-order chi connectivity index (χ1) is 30.8. The molecule has 3 nitrogen and oxygen atoms in total. The predicted octanol–water partition coefficient (Wildman–Crippen LogP) is 19.8. The third kappa shape index (κ3) is 33.5. The van der Waals surface area contributed by atoms with E-state index in [1.54, 1.807) is 0 Å². The van der Waals surface area contributed by atoms with Gasteiger partial charge in [-0.1, -0.05) is 289 Å². The Morgan fingerprint density at radius 1 is 0.290 bits per heavy atom. The van der Waals surface area contributed by atoms with E-state index in [0.29, 0.717) is 0 Å². The van der Waals surface area contributed by atoms with Crippen molar-refractivity contribution in [2.75, 3.05) is 19.8 Å². The molecule has 0 unspecified atom stereocenters. The van der Waals surface area contributed by atoms with Gasteiger partial charge in [-0.25, -0.2) is 0 Å². The summed E-state index contributed by atoms with van der Waals surface area (Å²) in [6, 6.07) is 17.7. The highest BCUT2D eigenvalue weighted by Gasteiger charge is 2.13. The van der Waals surface area contributed by atoms with Crippen molar-refractivity contribution >= 4 is 0 Å². The maximum Gasteiger partial charge on any atom is 0.119 e. The number of rotatable bonds is 48. The minimum atomic E-state index is 0.164. The average Bonchev–Trinajstić information content (AvgIpc) is 3.29. The quantitative estimate of drug-likeness (QED) is 0.0673. The van der Waals surface area contributed by atoms with Crippen LogP contribution in [0.5, 0.6) is 11.5 Å². The van der Waals surface area contributed by atoms with Crippen LogP contribution in [0.1, 0.15) is 295 Å². The van der Waals surface area contributed by atoms with Crippen LogP contribution in [-0.2, 0) is 0 Å². The molecule has 2 rings (SSSR count). The molecule has 0 spiro atoms. The lowest BCUT2D eigenvalue weighted by Gasteiger charge is -2.20. The molecule has 1 N–H and O–H groups in total. The molecule has 0 heterocycles. The summed E-state index contributed by atoms with van der Waals surface area (Å²) in [5.41, 5.74) is 2.55. The van der Waals surface area contributed by atoms with E-state index in [1.807, 2.05) is 0 Å². The second-order valence-electron chi connectivity index (χ2n) is 19.3. The summed E-state index contributed by atoms with van der Waals surface area (Å²) >= 11 is 0. The summed E-state index contributed by atoms with van der Waals surface area (Å²) in [7, 11) is 0. The number of ether oxygens (including phenoxy) is 2. The molecule has 2 aromatic carbocycles. The van der Waals surface area contributed by atoms with Crippen LogP contribution in [0.4, 0.5) is 0 Å². The standard InChI is InChI=1S/C59H105NO2/c1-4-7-9-11-13-15-17-19-21-23-25-27-29-31-33-35-37-39-41-43-53-61-57-49-45-55(46-50-57)59(60-6-3)56-47-51-58(52-48-56)62-54-44-42-40-38-36-34-32-30-28-26-24-22-20-18-16-14-12-10-8-5-2/h45-52,59-60H,4-44,53-54H2,1-3H3. The first kappa shape index (κ1) is 56.1. The zero-order valence-electron chi connectivity index (χ0n) is 41.9. The van der Waals surface area contributed by atoms with Crippen molar-refractivity contribution in [2.24, 2.45) is 0 Å². The summed E-state index contributed by atoms with van der Waals surface area (Å²) < 4.78 is 12.3. The molecule has 0 aromatic heterocycles. The van der Waals surface area contributed by atoms with Crippen LogP contribution < -0.4 is 14.8 Å². The van der Waals surface area contributed by atoms with E-state index in [9.17, 15) is 0 Å². The van der Waals surface area contributed by atoms with Crippen LogP contribution in [0.15, 0.2) is 48.5 Å². The minimum Gasteiger partial charge on any atom is -0.494 e. The van der Waals surface area contributed by atoms with Gasteiger partial charge in [0.05, 0.1) is 19.3 Å². The highest BCUT2D eigenvalue weighted by molar-refractivity contribution is 5.37. The Morgan fingerprint density at radius 3 is 0.710 bits per heavy atom. The van der Waals surface area contributed by atoms with Gasteiger partial charge in [-0.15, -0.1) is 0 Å².